The molecule has 0 aliphatic carbocycles. The van der Waals surface area contributed by atoms with E-state index in [1.54, 1.807) is 7.11 Å². The van der Waals surface area contributed by atoms with Crippen molar-refractivity contribution in [3.8, 4) is 17.1 Å². The van der Waals surface area contributed by atoms with Crippen molar-refractivity contribution >= 4 is 17.7 Å². The number of methoxy groups -OCH3 is 1. The number of thioether (sulfide) groups is 1. The van der Waals surface area contributed by atoms with E-state index in [1.807, 2.05) is 64.2 Å². The molecule has 2 aliphatic rings. The highest BCUT2D eigenvalue weighted by Crippen LogP contribution is 2.40. The van der Waals surface area contributed by atoms with Crippen molar-refractivity contribution in [1.82, 2.24) is 19.8 Å². The highest BCUT2D eigenvalue weighted by Gasteiger charge is 2.41. The SMILES string of the molecule is COc1ccc([C@@H]2Nn3c(nnc3-c3ccccc3)S[C@@H]2C(=O)N2CCCC[C@@H]2C)cc1. The van der Waals surface area contributed by atoms with Gasteiger partial charge in [-0.25, -0.2) is 4.68 Å². The van der Waals surface area contributed by atoms with E-state index in [9.17, 15) is 4.79 Å². The lowest BCUT2D eigenvalue weighted by Crippen LogP contribution is -2.50. The maximum Gasteiger partial charge on any atom is 0.238 e. The summed E-state index contributed by atoms with van der Waals surface area (Å²) in [5.74, 6) is 1.69. The lowest BCUT2D eigenvalue weighted by Gasteiger charge is -2.39. The first-order chi connectivity index (χ1) is 15.7. The standard InChI is InChI=1S/C24H27N5O2S/c1-16-8-6-7-15-28(16)23(30)21-20(17-11-13-19(31-2)14-12-17)27-29-22(25-26-24(29)32-21)18-9-4-3-5-10-18/h3-5,9-14,16,20-21,27H,6-8,15H2,1-2H3/t16-,20-,21-/m0/s1. The monoisotopic (exact) mass is 449 g/mol. The first-order valence-corrected chi connectivity index (χ1v) is 11.9. The van der Waals surface area contributed by atoms with Crippen molar-refractivity contribution in [2.45, 2.75) is 48.7 Å². The van der Waals surface area contributed by atoms with E-state index in [4.69, 9.17) is 4.74 Å². The van der Waals surface area contributed by atoms with Crippen molar-refractivity contribution in [1.29, 1.82) is 0 Å². The average molecular weight is 450 g/mol. The van der Waals surface area contributed by atoms with Gasteiger partial charge in [0.15, 0.2) is 5.82 Å². The third kappa shape index (κ3) is 3.83. The molecule has 0 spiro atoms. The van der Waals surface area contributed by atoms with Crippen molar-refractivity contribution < 1.29 is 9.53 Å². The van der Waals surface area contributed by atoms with E-state index in [2.05, 4.69) is 22.5 Å². The Hall–Kier alpha value is -3.00. The predicted octanol–water partition coefficient (Wildman–Crippen LogP) is 4.11. The second kappa shape index (κ2) is 8.86. The number of nitrogens with one attached hydrogen (secondary N) is 1. The lowest BCUT2D eigenvalue weighted by atomic mass is 9.99. The van der Waals surface area contributed by atoms with Gasteiger partial charge in [-0.1, -0.05) is 54.2 Å². The van der Waals surface area contributed by atoms with Crippen LogP contribution in [0.15, 0.2) is 59.8 Å². The number of fused-ring (bicyclic) bond motifs is 1. The molecule has 2 aromatic carbocycles. The number of ether oxygens (including phenoxy) is 1. The van der Waals surface area contributed by atoms with E-state index in [0.29, 0.717) is 5.16 Å². The Balaban J connectivity index is 1.53. The molecule has 0 saturated carbocycles. The molecule has 1 saturated heterocycles. The van der Waals surface area contributed by atoms with E-state index < -0.39 is 0 Å². The van der Waals surface area contributed by atoms with Gasteiger partial charge in [0.1, 0.15) is 11.0 Å². The van der Waals surface area contributed by atoms with Gasteiger partial charge in [0, 0.05) is 18.2 Å². The van der Waals surface area contributed by atoms with Gasteiger partial charge in [0.25, 0.3) is 0 Å². The first kappa shape index (κ1) is 20.9. The molecular formula is C24H27N5O2S. The molecule has 1 amide bonds. The average Bonchev–Trinajstić information content (AvgIpc) is 3.27. The molecule has 1 aromatic heterocycles. The molecule has 1 N–H and O–H groups in total. The summed E-state index contributed by atoms with van der Waals surface area (Å²) in [6.45, 7) is 2.96. The quantitative estimate of drug-likeness (QED) is 0.646. The Morgan fingerprint density at radius 1 is 1.09 bits per heavy atom. The highest BCUT2D eigenvalue weighted by atomic mass is 32.2. The minimum Gasteiger partial charge on any atom is -0.497 e. The zero-order valence-electron chi connectivity index (χ0n) is 18.3. The minimum atomic E-state index is -0.329. The first-order valence-electron chi connectivity index (χ1n) is 11.0. The zero-order chi connectivity index (χ0) is 22.1. The fourth-order valence-electron chi connectivity index (χ4n) is 4.47. The molecule has 3 atom stereocenters. The Bertz CT molecular complexity index is 1090. The zero-order valence-corrected chi connectivity index (χ0v) is 19.1. The number of likely N-dealkylation sites (tertiary alicyclic amines) is 1. The molecule has 32 heavy (non-hydrogen) atoms. The van der Waals surface area contributed by atoms with Crippen LogP contribution >= 0.6 is 11.8 Å². The normalized spacial score (nSPS) is 22.7. The molecule has 3 heterocycles. The minimum absolute atomic E-state index is 0.158. The summed E-state index contributed by atoms with van der Waals surface area (Å²) in [7, 11) is 1.66. The number of aromatic nitrogens is 3. The van der Waals surface area contributed by atoms with Crippen molar-refractivity contribution in [3.05, 3.63) is 60.2 Å². The van der Waals surface area contributed by atoms with Gasteiger partial charge in [0.05, 0.1) is 13.2 Å². The molecule has 3 aromatic rings. The number of carbonyl (C=O) groups excluding carboxylic acids is 1. The molecule has 0 bridgehead atoms. The summed E-state index contributed by atoms with van der Waals surface area (Å²) < 4.78 is 7.25. The van der Waals surface area contributed by atoms with E-state index in [1.165, 1.54) is 18.2 Å². The maximum absolute atomic E-state index is 13.7. The number of benzene rings is 2. The molecule has 8 heteroatoms. The molecule has 1 fully saturated rings. The fraction of sp³-hybridized carbons (Fsp3) is 0.375. The van der Waals surface area contributed by atoms with Gasteiger partial charge < -0.3 is 15.1 Å². The van der Waals surface area contributed by atoms with Gasteiger partial charge >= 0.3 is 0 Å². The molecule has 2 aliphatic heterocycles. The number of hydrogen-bond acceptors (Lipinski definition) is 6. The molecule has 7 nitrogen and oxygen atoms in total. The Kier molecular flexibility index (Phi) is 5.78. The third-order valence-corrected chi connectivity index (χ3v) is 7.48. The molecule has 166 valence electrons. The highest BCUT2D eigenvalue weighted by molar-refractivity contribution is 8.00. The van der Waals surface area contributed by atoms with E-state index in [0.717, 1.165) is 42.1 Å². The van der Waals surface area contributed by atoms with Crippen LogP contribution in [0.5, 0.6) is 5.75 Å². The van der Waals surface area contributed by atoms with Crippen LogP contribution in [0, 0.1) is 0 Å². The van der Waals surface area contributed by atoms with Crippen LogP contribution in [0.3, 0.4) is 0 Å². The summed E-state index contributed by atoms with van der Waals surface area (Å²) in [4.78, 5) is 15.8. The smallest absolute Gasteiger partial charge is 0.238 e. The number of nitrogens with zero attached hydrogens (tertiary/aromatic N) is 4. The summed E-state index contributed by atoms with van der Waals surface area (Å²) >= 11 is 1.49. The van der Waals surface area contributed by atoms with Crippen LogP contribution in [-0.2, 0) is 4.79 Å². The van der Waals surface area contributed by atoms with Crippen molar-refractivity contribution in [2.75, 3.05) is 19.1 Å². The third-order valence-electron chi connectivity index (χ3n) is 6.27. The summed E-state index contributed by atoms with van der Waals surface area (Å²) in [6, 6.07) is 17.9. The number of amides is 1. The van der Waals surface area contributed by atoms with Gasteiger partial charge in [-0.3, -0.25) is 4.79 Å². The van der Waals surface area contributed by atoms with Crippen LogP contribution in [-0.4, -0.2) is 50.6 Å². The number of carbonyl (C=O) groups is 1. The van der Waals surface area contributed by atoms with Crippen LogP contribution in [0.4, 0.5) is 0 Å². The number of piperidine rings is 1. The topological polar surface area (TPSA) is 72.3 Å². The largest absolute Gasteiger partial charge is 0.497 e. The molecular weight excluding hydrogens is 422 g/mol. The van der Waals surface area contributed by atoms with Gasteiger partial charge in [-0.15, -0.1) is 10.2 Å². The van der Waals surface area contributed by atoms with Gasteiger partial charge in [-0.05, 0) is 43.9 Å². The summed E-state index contributed by atoms with van der Waals surface area (Å²) in [5.41, 5.74) is 5.57. The van der Waals surface area contributed by atoms with E-state index in [-0.39, 0.29) is 23.2 Å². The molecule has 5 rings (SSSR count). The van der Waals surface area contributed by atoms with Gasteiger partial charge in [0.2, 0.25) is 11.1 Å². The maximum atomic E-state index is 13.7. The number of rotatable bonds is 4. The molecule has 0 unspecified atom stereocenters. The second-order valence-electron chi connectivity index (χ2n) is 8.30. The lowest BCUT2D eigenvalue weighted by molar-refractivity contribution is -0.134. The van der Waals surface area contributed by atoms with Crippen LogP contribution in [0.1, 0.15) is 37.8 Å². The Morgan fingerprint density at radius 3 is 2.59 bits per heavy atom. The molecule has 0 radical (unpaired) electrons. The summed E-state index contributed by atoms with van der Waals surface area (Å²) in [5, 5.41) is 9.21. The van der Waals surface area contributed by atoms with Crippen molar-refractivity contribution in [2.24, 2.45) is 0 Å². The Morgan fingerprint density at radius 2 is 1.88 bits per heavy atom. The van der Waals surface area contributed by atoms with E-state index >= 15 is 0 Å². The second-order valence-corrected chi connectivity index (χ2v) is 9.41. The van der Waals surface area contributed by atoms with Crippen LogP contribution in [0.25, 0.3) is 11.4 Å². The predicted molar refractivity (Wildman–Crippen MR) is 125 cm³/mol. The summed E-state index contributed by atoms with van der Waals surface area (Å²) in [6.07, 6.45) is 3.29. The van der Waals surface area contributed by atoms with Crippen molar-refractivity contribution in [3.63, 3.8) is 0 Å². The number of hydrogen-bond donors (Lipinski definition) is 1. The van der Waals surface area contributed by atoms with Crippen LogP contribution < -0.4 is 10.2 Å². The fourth-order valence-corrected chi connectivity index (χ4v) is 5.62. The Labute approximate surface area is 192 Å². The van der Waals surface area contributed by atoms with Crippen LogP contribution in [0.2, 0.25) is 0 Å². The van der Waals surface area contributed by atoms with Gasteiger partial charge in [-0.2, -0.15) is 0 Å².